The fourth-order valence-electron chi connectivity index (χ4n) is 2.50. The standard InChI is InChI=1S/C13H24N2O3/c1-5-10(3)14(6-2)12(18)15-9-7-8-13(15,4)11(16)17/h10H,5-9H2,1-4H3,(H,16,17). The first-order chi connectivity index (χ1) is 8.38. The topological polar surface area (TPSA) is 60.9 Å². The molecule has 1 N–H and O–H groups in total. The second kappa shape index (κ2) is 5.59. The van der Waals surface area contributed by atoms with Gasteiger partial charge in [0.1, 0.15) is 5.54 Å². The number of carboxylic acid groups (broad SMARTS) is 1. The zero-order chi connectivity index (χ0) is 13.9. The molecule has 0 aromatic rings. The van der Waals surface area contributed by atoms with Gasteiger partial charge in [-0.15, -0.1) is 0 Å². The van der Waals surface area contributed by atoms with Gasteiger partial charge in [-0.1, -0.05) is 6.92 Å². The number of hydrogen-bond acceptors (Lipinski definition) is 2. The van der Waals surface area contributed by atoms with Gasteiger partial charge < -0.3 is 14.9 Å². The highest BCUT2D eigenvalue weighted by molar-refractivity contribution is 5.86. The lowest BCUT2D eigenvalue weighted by Gasteiger charge is -2.37. The first-order valence-electron chi connectivity index (χ1n) is 6.70. The van der Waals surface area contributed by atoms with E-state index in [1.165, 1.54) is 4.90 Å². The van der Waals surface area contributed by atoms with Crippen molar-refractivity contribution in [2.75, 3.05) is 13.1 Å². The van der Waals surface area contributed by atoms with Gasteiger partial charge in [-0.3, -0.25) is 0 Å². The molecule has 5 heteroatoms. The molecular weight excluding hydrogens is 232 g/mol. The van der Waals surface area contributed by atoms with Crippen LogP contribution in [0.25, 0.3) is 0 Å². The number of amides is 2. The molecule has 18 heavy (non-hydrogen) atoms. The number of carbonyl (C=O) groups is 2. The van der Waals surface area contributed by atoms with E-state index in [1.54, 1.807) is 11.8 Å². The molecule has 5 nitrogen and oxygen atoms in total. The van der Waals surface area contributed by atoms with Gasteiger partial charge in [0.25, 0.3) is 0 Å². The highest BCUT2D eigenvalue weighted by Crippen LogP contribution is 2.30. The maximum atomic E-state index is 12.5. The highest BCUT2D eigenvalue weighted by Gasteiger charge is 2.47. The Labute approximate surface area is 109 Å². The van der Waals surface area contributed by atoms with Gasteiger partial charge in [-0.2, -0.15) is 0 Å². The minimum atomic E-state index is -1.04. The third-order valence-corrected chi connectivity index (χ3v) is 4.04. The Morgan fingerprint density at radius 3 is 2.50 bits per heavy atom. The van der Waals surface area contributed by atoms with Crippen molar-refractivity contribution in [1.82, 2.24) is 9.80 Å². The van der Waals surface area contributed by atoms with E-state index >= 15 is 0 Å². The molecule has 0 radical (unpaired) electrons. The molecule has 1 heterocycles. The van der Waals surface area contributed by atoms with Crippen molar-refractivity contribution in [3.8, 4) is 0 Å². The Hall–Kier alpha value is -1.26. The summed E-state index contributed by atoms with van der Waals surface area (Å²) >= 11 is 0. The Balaban J connectivity index is 2.91. The van der Waals surface area contributed by atoms with Gasteiger partial charge in [0.15, 0.2) is 0 Å². The largest absolute Gasteiger partial charge is 0.480 e. The number of hydrogen-bond donors (Lipinski definition) is 1. The van der Waals surface area contributed by atoms with Crippen LogP contribution in [0.2, 0.25) is 0 Å². The second-order valence-electron chi connectivity index (χ2n) is 5.16. The van der Waals surface area contributed by atoms with Gasteiger partial charge in [-0.05, 0) is 40.0 Å². The van der Waals surface area contributed by atoms with E-state index in [4.69, 9.17) is 0 Å². The first kappa shape index (κ1) is 14.8. The minimum Gasteiger partial charge on any atom is -0.480 e. The van der Waals surface area contributed by atoms with Crippen LogP contribution in [0.1, 0.15) is 47.0 Å². The van der Waals surface area contributed by atoms with Gasteiger partial charge in [0.05, 0.1) is 0 Å². The first-order valence-corrected chi connectivity index (χ1v) is 6.70. The summed E-state index contributed by atoms with van der Waals surface area (Å²) in [6, 6.07) is -0.00426. The Kier molecular flexibility index (Phi) is 4.59. The zero-order valence-corrected chi connectivity index (χ0v) is 11.8. The van der Waals surface area contributed by atoms with E-state index in [-0.39, 0.29) is 12.1 Å². The van der Waals surface area contributed by atoms with Crippen LogP contribution in [0.5, 0.6) is 0 Å². The van der Waals surface area contributed by atoms with Crippen LogP contribution < -0.4 is 0 Å². The van der Waals surface area contributed by atoms with E-state index in [1.807, 2.05) is 20.8 Å². The molecule has 1 aliphatic rings. The number of rotatable bonds is 4. The van der Waals surface area contributed by atoms with Crippen molar-refractivity contribution in [1.29, 1.82) is 0 Å². The summed E-state index contributed by atoms with van der Waals surface area (Å²) in [5, 5.41) is 9.33. The molecule has 2 unspecified atom stereocenters. The average molecular weight is 256 g/mol. The third kappa shape index (κ3) is 2.44. The lowest BCUT2D eigenvalue weighted by molar-refractivity contribution is -0.147. The SMILES string of the molecule is CCC(C)N(CC)C(=O)N1CCCC1(C)C(=O)O. The van der Waals surface area contributed by atoms with Crippen molar-refractivity contribution in [3.05, 3.63) is 0 Å². The summed E-state index contributed by atoms with van der Waals surface area (Å²) < 4.78 is 0. The zero-order valence-electron chi connectivity index (χ0n) is 11.8. The maximum absolute atomic E-state index is 12.5. The minimum absolute atomic E-state index is 0.140. The molecule has 0 aliphatic carbocycles. The molecule has 104 valence electrons. The predicted octanol–water partition coefficient (Wildman–Crippen LogP) is 2.17. The molecule has 0 spiro atoms. The summed E-state index contributed by atoms with van der Waals surface area (Å²) in [5.41, 5.74) is -1.04. The van der Waals surface area contributed by atoms with Crippen molar-refractivity contribution in [2.45, 2.75) is 58.5 Å². The Bertz CT molecular complexity index is 332. The van der Waals surface area contributed by atoms with Gasteiger partial charge in [0, 0.05) is 19.1 Å². The van der Waals surface area contributed by atoms with Crippen molar-refractivity contribution >= 4 is 12.0 Å². The average Bonchev–Trinajstić information content (AvgIpc) is 2.73. The molecule has 1 rings (SSSR count). The Morgan fingerprint density at radius 1 is 1.44 bits per heavy atom. The van der Waals surface area contributed by atoms with Crippen molar-refractivity contribution in [2.24, 2.45) is 0 Å². The van der Waals surface area contributed by atoms with Crippen LogP contribution in [0, 0.1) is 0 Å². The van der Waals surface area contributed by atoms with E-state index in [2.05, 4.69) is 0 Å². The van der Waals surface area contributed by atoms with Crippen LogP contribution in [-0.2, 0) is 4.79 Å². The van der Waals surface area contributed by atoms with Gasteiger partial charge in [-0.25, -0.2) is 9.59 Å². The molecular formula is C13H24N2O3. The molecule has 1 fully saturated rings. The van der Waals surface area contributed by atoms with Crippen LogP contribution in [0.3, 0.4) is 0 Å². The fourth-order valence-corrected chi connectivity index (χ4v) is 2.50. The molecule has 1 aliphatic heterocycles. The molecule has 0 aromatic heterocycles. The molecule has 0 saturated carbocycles. The molecule has 0 bridgehead atoms. The van der Waals surface area contributed by atoms with E-state index < -0.39 is 11.5 Å². The lowest BCUT2D eigenvalue weighted by Crippen LogP contribution is -2.56. The van der Waals surface area contributed by atoms with E-state index in [0.717, 1.165) is 12.8 Å². The number of urea groups is 1. The second-order valence-corrected chi connectivity index (χ2v) is 5.16. The number of carboxylic acids is 1. The Morgan fingerprint density at radius 2 is 2.06 bits per heavy atom. The van der Waals surface area contributed by atoms with Crippen LogP contribution in [0.4, 0.5) is 4.79 Å². The number of aliphatic carboxylic acids is 1. The summed E-state index contributed by atoms with van der Waals surface area (Å²) in [6.07, 6.45) is 2.16. The summed E-state index contributed by atoms with van der Waals surface area (Å²) in [7, 11) is 0. The van der Waals surface area contributed by atoms with Gasteiger partial charge in [0.2, 0.25) is 0 Å². The van der Waals surface area contributed by atoms with Crippen LogP contribution in [0.15, 0.2) is 0 Å². The van der Waals surface area contributed by atoms with E-state index in [0.29, 0.717) is 19.5 Å². The highest BCUT2D eigenvalue weighted by atomic mass is 16.4. The molecule has 1 saturated heterocycles. The number of likely N-dealkylation sites (tertiary alicyclic amines) is 1. The fraction of sp³-hybridized carbons (Fsp3) is 0.846. The number of carbonyl (C=O) groups excluding carboxylic acids is 1. The normalized spacial score (nSPS) is 25.0. The molecule has 0 aromatic carbocycles. The summed E-state index contributed by atoms with van der Waals surface area (Å²) in [4.78, 5) is 27.1. The summed E-state index contributed by atoms with van der Waals surface area (Å²) in [6.45, 7) is 8.74. The monoisotopic (exact) mass is 256 g/mol. The summed E-state index contributed by atoms with van der Waals surface area (Å²) in [5.74, 6) is -0.909. The van der Waals surface area contributed by atoms with Crippen molar-refractivity contribution in [3.63, 3.8) is 0 Å². The van der Waals surface area contributed by atoms with Crippen molar-refractivity contribution < 1.29 is 14.7 Å². The predicted molar refractivity (Wildman–Crippen MR) is 69.5 cm³/mol. The smallest absolute Gasteiger partial charge is 0.329 e. The molecule has 2 atom stereocenters. The van der Waals surface area contributed by atoms with Gasteiger partial charge >= 0.3 is 12.0 Å². The quantitative estimate of drug-likeness (QED) is 0.838. The number of nitrogens with zero attached hydrogens (tertiary/aromatic N) is 2. The van der Waals surface area contributed by atoms with Crippen LogP contribution in [-0.4, -0.2) is 51.6 Å². The van der Waals surface area contributed by atoms with Crippen LogP contribution >= 0.6 is 0 Å². The third-order valence-electron chi connectivity index (χ3n) is 4.04. The van der Waals surface area contributed by atoms with E-state index in [9.17, 15) is 14.7 Å². The molecule has 2 amide bonds. The lowest BCUT2D eigenvalue weighted by atomic mass is 9.99. The maximum Gasteiger partial charge on any atom is 0.329 e.